The van der Waals surface area contributed by atoms with E-state index < -0.39 is 46.9 Å². The SMILES string of the molecule is CC(F)Cn1c(=O)c(-c2cc(Cl)cc(N3CCOCC3)c2C(F)(F)F)c(O)c2ncccc21. The normalized spacial score (nSPS) is 15.8. The van der Waals surface area contributed by atoms with Gasteiger partial charge in [-0.1, -0.05) is 11.6 Å². The largest absolute Gasteiger partial charge is 0.505 e. The molecule has 1 aliphatic rings. The first-order chi connectivity index (χ1) is 15.6. The number of morpholine rings is 1. The van der Waals surface area contributed by atoms with Crippen molar-refractivity contribution in [1.82, 2.24) is 9.55 Å². The van der Waals surface area contributed by atoms with Gasteiger partial charge in [0.25, 0.3) is 5.56 Å². The molecule has 2 aromatic heterocycles. The molecule has 176 valence electrons. The van der Waals surface area contributed by atoms with Crippen molar-refractivity contribution in [2.75, 3.05) is 31.2 Å². The zero-order valence-corrected chi connectivity index (χ0v) is 18.3. The van der Waals surface area contributed by atoms with Crippen LogP contribution in [-0.4, -0.2) is 47.1 Å². The van der Waals surface area contributed by atoms with E-state index in [1.54, 1.807) is 0 Å². The van der Waals surface area contributed by atoms with Crippen molar-refractivity contribution in [2.24, 2.45) is 0 Å². The number of hydrogen-bond acceptors (Lipinski definition) is 5. The van der Waals surface area contributed by atoms with Crippen LogP contribution in [0.1, 0.15) is 12.5 Å². The number of anilines is 1. The maximum Gasteiger partial charge on any atom is 0.419 e. The molecular weight excluding hydrogens is 466 g/mol. The molecule has 1 fully saturated rings. The quantitative estimate of drug-likeness (QED) is 0.545. The molecule has 33 heavy (non-hydrogen) atoms. The first-order valence-corrected chi connectivity index (χ1v) is 10.6. The zero-order chi connectivity index (χ0) is 23.9. The molecule has 0 saturated carbocycles. The Labute approximate surface area is 191 Å². The lowest BCUT2D eigenvalue weighted by Gasteiger charge is -2.32. The first-order valence-electron chi connectivity index (χ1n) is 10.2. The smallest absolute Gasteiger partial charge is 0.419 e. The van der Waals surface area contributed by atoms with E-state index >= 15 is 0 Å². The van der Waals surface area contributed by atoms with Crippen LogP contribution in [-0.2, 0) is 17.5 Å². The summed E-state index contributed by atoms with van der Waals surface area (Å²) in [4.78, 5) is 18.9. The Morgan fingerprint density at radius 1 is 1.27 bits per heavy atom. The van der Waals surface area contributed by atoms with Gasteiger partial charge in [0.2, 0.25) is 0 Å². The van der Waals surface area contributed by atoms with E-state index in [1.807, 2.05) is 0 Å². The second kappa shape index (κ2) is 8.83. The lowest BCUT2D eigenvalue weighted by molar-refractivity contribution is -0.136. The number of alkyl halides is 4. The third kappa shape index (κ3) is 4.37. The summed E-state index contributed by atoms with van der Waals surface area (Å²) in [5.74, 6) is -0.723. The van der Waals surface area contributed by atoms with E-state index in [-0.39, 0.29) is 48.0 Å². The number of benzene rings is 1. The molecule has 1 saturated heterocycles. The van der Waals surface area contributed by atoms with Crippen LogP contribution in [0, 0.1) is 0 Å². The van der Waals surface area contributed by atoms with Crippen LogP contribution in [0.5, 0.6) is 5.75 Å². The molecule has 3 heterocycles. The third-order valence-corrected chi connectivity index (χ3v) is 5.64. The molecule has 1 unspecified atom stereocenters. The average molecular weight is 486 g/mol. The Balaban J connectivity index is 2.10. The fraction of sp³-hybridized carbons (Fsp3) is 0.364. The Morgan fingerprint density at radius 2 is 1.97 bits per heavy atom. The summed E-state index contributed by atoms with van der Waals surface area (Å²) in [5.41, 5.74) is -3.54. The van der Waals surface area contributed by atoms with Crippen LogP contribution in [0.25, 0.3) is 22.2 Å². The van der Waals surface area contributed by atoms with E-state index in [4.69, 9.17) is 16.3 Å². The second-order valence-electron chi connectivity index (χ2n) is 7.74. The predicted octanol–water partition coefficient (Wildman–Crippen LogP) is 4.64. The average Bonchev–Trinajstić information content (AvgIpc) is 2.76. The van der Waals surface area contributed by atoms with Crippen molar-refractivity contribution in [1.29, 1.82) is 0 Å². The molecule has 1 atom stereocenters. The van der Waals surface area contributed by atoms with E-state index in [1.165, 1.54) is 36.2 Å². The Bertz CT molecular complexity index is 1250. The van der Waals surface area contributed by atoms with Crippen LogP contribution < -0.4 is 10.5 Å². The van der Waals surface area contributed by atoms with Gasteiger partial charge < -0.3 is 19.3 Å². The molecule has 1 aromatic carbocycles. The van der Waals surface area contributed by atoms with Crippen LogP contribution in [0.3, 0.4) is 0 Å². The topological polar surface area (TPSA) is 67.6 Å². The van der Waals surface area contributed by atoms with Crippen molar-refractivity contribution in [3.05, 3.63) is 51.4 Å². The molecule has 1 aliphatic heterocycles. The molecule has 0 bridgehead atoms. The lowest BCUT2D eigenvalue weighted by atomic mass is 9.96. The summed E-state index contributed by atoms with van der Waals surface area (Å²) in [6.07, 6.45) is -5.04. The molecule has 0 aliphatic carbocycles. The standard InChI is InChI=1S/C22H20ClF4N3O3/c1-12(24)11-30-15-3-2-4-28-19(15)20(31)17(21(30)32)14-9-13(23)10-16(18(14)22(25,26)27)29-5-7-33-8-6-29/h2-4,9-10,12,31H,5-8,11H2,1H3. The number of fused-ring (bicyclic) bond motifs is 1. The maximum absolute atomic E-state index is 14.4. The van der Waals surface area contributed by atoms with Crippen LogP contribution in [0.2, 0.25) is 5.02 Å². The van der Waals surface area contributed by atoms with E-state index in [9.17, 15) is 27.5 Å². The van der Waals surface area contributed by atoms with Crippen LogP contribution in [0.4, 0.5) is 23.2 Å². The fourth-order valence-corrected chi connectivity index (χ4v) is 4.29. The summed E-state index contributed by atoms with van der Waals surface area (Å²) in [6.45, 7) is 1.64. The Hall–Kier alpha value is -2.85. The summed E-state index contributed by atoms with van der Waals surface area (Å²) >= 11 is 6.20. The van der Waals surface area contributed by atoms with Gasteiger partial charge in [-0.3, -0.25) is 9.78 Å². The number of halogens is 5. The van der Waals surface area contributed by atoms with E-state index in [2.05, 4.69) is 4.98 Å². The molecular formula is C22H20ClF4N3O3. The third-order valence-electron chi connectivity index (χ3n) is 5.42. The molecule has 0 amide bonds. The molecule has 3 aromatic rings. The molecule has 0 radical (unpaired) electrons. The van der Waals surface area contributed by atoms with Crippen LogP contribution in [0.15, 0.2) is 35.3 Å². The minimum Gasteiger partial charge on any atom is -0.505 e. The molecule has 0 spiro atoms. The van der Waals surface area contributed by atoms with Crippen molar-refractivity contribution >= 4 is 28.3 Å². The maximum atomic E-state index is 14.4. The molecule has 1 N–H and O–H groups in total. The van der Waals surface area contributed by atoms with Gasteiger partial charge >= 0.3 is 6.18 Å². The minimum absolute atomic E-state index is 0.0511. The lowest BCUT2D eigenvalue weighted by Crippen LogP contribution is -2.37. The molecule has 6 nitrogen and oxygen atoms in total. The van der Waals surface area contributed by atoms with Crippen molar-refractivity contribution < 1.29 is 27.4 Å². The minimum atomic E-state index is -4.89. The summed E-state index contributed by atoms with van der Waals surface area (Å²) in [5, 5.41) is 10.9. The fourth-order valence-electron chi connectivity index (χ4n) is 4.08. The zero-order valence-electron chi connectivity index (χ0n) is 17.5. The highest BCUT2D eigenvalue weighted by molar-refractivity contribution is 6.31. The van der Waals surface area contributed by atoms with Gasteiger partial charge in [0.1, 0.15) is 11.7 Å². The number of nitrogens with zero attached hydrogens (tertiary/aromatic N) is 3. The molecule has 11 heteroatoms. The van der Waals surface area contributed by atoms with Gasteiger partial charge in [-0.2, -0.15) is 13.2 Å². The van der Waals surface area contributed by atoms with Gasteiger partial charge in [-0.05, 0) is 31.2 Å². The van der Waals surface area contributed by atoms with Gasteiger partial charge in [0.05, 0.1) is 42.1 Å². The predicted molar refractivity (Wildman–Crippen MR) is 117 cm³/mol. The van der Waals surface area contributed by atoms with E-state index in [0.717, 1.165) is 10.6 Å². The number of rotatable bonds is 4. The number of ether oxygens (including phenoxy) is 1. The highest BCUT2D eigenvalue weighted by Gasteiger charge is 2.40. The van der Waals surface area contributed by atoms with E-state index in [0.29, 0.717) is 0 Å². The molecule has 4 rings (SSSR count). The van der Waals surface area contributed by atoms with Gasteiger partial charge in [-0.15, -0.1) is 0 Å². The van der Waals surface area contributed by atoms with Gasteiger partial charge in [0.15, 0.2) is 5.75 Å². The number of aromatic nitrogens is 2. The number of aromatic hydroxyl groups is 1. The van der Waals surface area contributed by atoms with Crippen molar-refractivity contribution in [3.8, 4) is 16.9 Å². The highest BCUT2D eigenvalue weighted by atomic mass is 35.5. The summed E-state index contributed by atoms with van der Waals surface area (Å²) in [6, 6.07) is 5.09. The van der Waals surface area contributed by atoms with Crippen molar-refractivity contribution in [2.45, 2.75) is 25.8 Å². The number of hydrogen-bond donors (Lipinski definition) is 1. The Kier molecular flexibility index (Phi) is 6.24. The summed E-state index contributed by atoms with van der Waals surface area (Å²) in [7, 11) is 0. The first kappa shape index (κ1) is 23.3. The number of pyridine rings is 2. The van der Waals surface area contributed by atoms with Crippen LogP contribution >= 0.6 is 11.6 Å². The monoisotopic (exact) mass is 485 g/mol. The summed E-state index contributed by atoms with van der Waals surface area (Å²) < 4.78 is 63.3. The van der Waals surface area contributed by atoms with Gasteiger partial charge in [0, 0.05) is 29.9 Å². The second-order valence-corrected chi connectivity index (χ2v) is 8.17. The van der Waals surface area contributed by atoms with Gasteiger partial charge in [-0.25, -0.2) is 4.39 Å². The Morgan fingerprint density at radius 3 is 2.61 bits per heavy atom. The van der Waals surface area contributed by atoms with Crippen molar-refractivity contribution in [3.63, 3.8) is 0 Å². The highest BCUT2D eigenvalue weighted by Crippen LogP contribution is 2.46.